The molecule has 2 amide bonds. The summed E-state index contributed by atoms with van der Waals surface area (Å²) in [5.41, 5.74) is 5.45. The van der Waals surface area contributed by atoms with Crippen LogP contribution in [0.25, 0.3) is 0 Å². The summed E-state index contributed by atoms with van der Waals surface area (Å²) in [5, 5.41) is 6.76. The van der Waals surface area contributed by atoms with E-state index in [1.165, 1.54) is 20.0 Å². The lowest BCUT2D eigenvalue weighted by Gasteiger charge is -2.24. The molecule has 9 heteroatoms. The number of carbonyl (C=O) groups excluding carboxylic acids is 3. The quantitative estimate of drug-likeness (QED) is 0.746. The van der Waals surface area contributed by atoms with Crippen LogP contribution in [-0.4, -0.2) is 46.9 Å². The van der Waals surface area contributed by atoms with Gasteiger partial charge in [-0.15, -0.1) is 0 Å². The van der Waals surface area contributed by atoms with Crippen LogP contribution in [0.1, 0.15) is 43.1 Å². The van der Waals surface area contributed by atoms with Gasteiger partial charge in [0.15, 0.2) is 6.10 Å². The smallest absolute Gasteiger partial charge is 0.303 e. The van der Waals surface area contributed by atoms with E-state index in [1.54, 1.807) is 4.68 Å². The third-order valence-electron chi connectivity index (χ3n) is 3.55. The highest BCUT2D eigenvalue weighted by atomic mass is 16.5. The van der Waals surface area contributed by atoms with Crippen molar-refractivity contribution < 1.29 is 23.9 Å². The Morgan fingerprint density at radius 3 is 2.65 bits per heavy atom. The third kappa shape index (κ3) is 4.07. The summed E-state index contributed by atoms with van der Waals surface area (Å²) >= 11 is 0. The Morgan fingerprint density at radius 1 is 1.43 bits per heavy atom. The van der Waals surface area contributed by atoms with Crippen molar-refractivity contribution in [3.05, 3.63) is 11.8 Å². The first-order chi connectivity index (χ1) is 10.9. The van der Waals surface area contributed by atoms with Crippen molar-refractivity contribution in [1.82, 2.24) is 9.78 Å². The first-order valence-electron chi connectivity index (χ1n) is 7.33. The first kappa shape index (κ1) is 16.9. The molecular formula is C14H20N4O5. The van der Waals surface area contributed by atoms with Crippen LogP contribution in [0.2, 0.25) is 0 Å². The highest BCUT2D eigenvalue weighted by molar-refractivity contribution is 6.03. The minimum Gasteiger partial charge on any atom is -0.453 e. The number of nitrogens with two attached hydrogens (primary N) is 1. The van der Waals surface area contributed by atoms with E-state index in [2.05, 4.69) is 10.4 Å². The molecule has 23 heavy (non-hydrogen) atoms. The summed E-state index contributed by atoms with van der Waals surface area (Å²) in [7, 11) is 0. The van der Waals surface area contributed by atoms with Gasteiger partial charge in [0, 0.05) is 20.1 Å². The van der Waals surface area contributed by atoms with Crippen LogP contribution >= 0.6 is 0 Å². The number of primary amides is 1. The van der Waals surface area contributed by atoms with Gasteiger partial charge in [0.1, 0.15) is 11.4 Å². The van der Waals surface area contributed by atoms with Gasteiger partial charge in [-0.25, -0.2) is 4.68 Å². The number of anilines is 1. The van der Waals surface area contributed by atoms with Crippen LogP contribution in [-0.2, 0) is 19.1 Å². The van der Waals surface area contributed by atoms with Crippen molar-refractivity contribution in [3.63, 3.8) is 0 Å². The molecule has 3 N–H and O–H groups in total. The van der Waals surface area contributed by atoms with Crippen LogP contribution in [0.3, 0.4) is 0 Å². The zero-order valence-electron chi connectivity index (χ0n) is 13.1. The van der Waals surface area contributed by atoms with E-state index in [-0.39, 0.29) is 17.4 Å². The largest absolute Gasteiger partial charge is 0.453 e. The molecule has 9 nitrogen and oxygen atoms in total. The molecule has 1 saturated heterocycles. The molecule has 1 fully saturated rings. The van der Waals surface area contributed by atoms with Crippen LogP contribution in [0.5, 0.6) is 0 Å². The maximum atomic E-state index is 12.1. The monoisotopic (exact) mass is 324 g/mol. The van der Waals surface area contributed by atoms with Gasteiger partial charge in [-0.1, -0.05) is 0 Å². The molecule has 1 aromatic heterocycles. The van der Waals surface area contributed by atoms with Crippen LogP contribution in [0.15, 0.2) is 6.20 Å². The summed E-state index contributed by atoms with van der Waals surface area (Å²) < 4.78 is 11.7. The molecule has 1 aliphatic rings. The fraction of sp³-hybridized carbons (Fsp3) is 0.571. The SMILES string of the molecule is CC(=O)O[C@@H](C)C(=O)Nc1c(C(N)=O)cnn1C1CCOCC1. The first-order valence-corrected chi connectivity index (χ1v) is 7.33. The van der Waals surface area contributed by atoms with Crippen LogP contribution in [0.4, 0.5) is 5.82 Å². The van der Waals surface area contributed by atoms with Crippen molar-refractivity contribution >= 4 is 23.6 Å². The molecular weight excluding hydrogens is 304 g/mol. The zero-order chi connectivity index (χ0) is 17.0. The fourth-order valence-corrected chi connectivity index (χ4v) is 2.39. The summed E-state index contributed by atoms with van der Waals surface area (Å²) in [6.07, 6.45) is 1.75. The number of rotatable bonds is 5. The van der Waals surface area contributed by atoms with E-state index in [9.17, 15) is 14.4 Å². The Balaban J connectivity index is 2.23. The summed E-state index contributed by atoms with van der Waals surface area (Å²) in [6, 6.07) is -0.00354. The van der Waals surface area contributed by atoms with E-state index in [0.29, 0.717) is 26.1 Å². The van der Waals surface area contributed by atoms with Gasteiger partial charge < -0.3 is 20.5 Å². The van der Waals surface area contributed by atoms with Crippen molar-refractivity contribution in [1.29, 1.82) is 0 Å². The van der Waals surface area contributed by atoms with Gasteiger partial charge in [0.25, 0.3) is 11.8 Å². The molecule has 0 aromatic carbocycles. The van der Waals surface area contributed by atoms with Gasteiger partial charge in [-0.05, 0) is 19.8 Å². The summed E-state index contributed by atoms with van der Waals surface area (Å²) in [4.78, 5) is 34.6. The van der Waals surface area contributed by atoms with Crippen molar-refractivity contribution in [2.24, 2.45) is 5.73 Å². The maximum Gasteiger partial charge on any atom is 0.303 e. The highest BCUT2D eigenvalue weighted by Gasteiger charge is 2.26. The molecule has 0 unspecified atom stereocenters. The third-order valence-corrected chi connectivity index (χ3v) is 3.55. The summed E-state index contributed by atoms with van der Waals surface area (Å²) in [6.45, 7) is 3.81. The molecule has 0 spiro atoms. The number of aromatic nitrogens is 2. The lowest BCUT2D eigenvalue weighted by atomic mass is 10.1. The van der Waals surface area contributed by atoms with Gasteiger partial charge in [-0.2, -0.15) is 5.10 Å². The number of amides is 2. The van der Waals surface area contributed by atoms with Gasteiger partial charge in [0.2, 0.25) is 0 Å². The number of ether oxygens (including phenoxy) is 2. The molecule has 2 heterocycles. The second-order valence-corrected chi connectivity index (χ2v) is 5.30. The average molecular weight is 324 g/mol. The number of carbonyl (C=O) groups is 3. The van der Waals surface area contributed by atoms with Crippen LogP contribution < -0.4 is 11.1 Å². The van der Waals surface area contributed by atoms with Crippen molar-refractivity contribution in [3.8, 4) is 0 Å². The molecule has 2 rings (SSSR count). The van der Waals surface area contributed by atoms with Gasteiger partial charge in [-0.3, -0.25) is 14.4 Å². The van der Waals surface area contributed by atoms with Crippen molar-refractivity contribution in [2.75, 3.05) is 18.5 Å². The Morgan fingerprint density at radius 2 is 2.09 bits per heavy atom. The fourth-order valence-electron chi connectivity index (χ4n) is 2.39. The maximum absolute atomic E-state index is 12.1. The molecule has 0 aliphatic carbocycles. The standard InChI is InChI=1S/C14H20N4O5/c1-8(23-9(2)19)14(21)17-13-11(12(15)20)7-16-18(13)10-3-5-22-6-4-10/h7-8,10H,3-6H2,1-2H3,(H2,15,20)(H,17,21)/t8-/m0/s1. The Labute approximate surface area is 133 Å². The number of hydrogen-bond acceptors (Lipinski definition) is 6. The molecule has 126 valence electrons. The lowest BCUT2D eigenvalue weighted by Crippen LogP contribution is -2.32. The predicted molar refractivity (Wildman–Crippen MR) is 79.7 cm³/mol. The van der Waals surface area contributed by atoms with E-state index < -0.39 is 23.9 Å². The molecule has 0 bridgehead atoms. The Hall–Kier alpha value is -2.42. The molecule has 1 aromatic rings. The minimum absolute atomic E-state index is 0.00354. The second kappa shape index (κ2) is 7.23. The van der Waals surface area contributed by atoms with Crippen molar-refractivity contribution in [2.45, 2.75) is 38.8 Å². The Kier molecular flexibility index (Phi) is 5.32. The van der Waals surface area contributed by atoms with Gasteiger partial charge in [0.05, 0.1) is 12.2 Å². The van der Waals surface area contributed by atoms with E-state index in [4.69, 9.17) is 15.2 Å². The lowest BCUT2D eigenvalue weighted by molar-refractivity contribution is -0.150. The van der Waals surface area contributed by atoms with E-state index in [0.717, 1.165) is 0 Å². The number of hydrogen-bond donors (Lipinski definition) is 2. The highest BCUT2D eigenvalue weighted by Crippen LogP contribution is 2.26. The van der Waals surface area contributed by atoms with Gasteiger partial charge >= 0.3 is 5.97 Å². The predicted octanol–water partition coefficient (Wildman–Crippen LogP) is 0.224. The molecule has 1 atom stereocenters. The molecule has 1 aliphatic heterocycles. The molecule has 0 saturated carbocycles. The minimum atomic E-state index is -0.994. The zero-order valence-corrected chi connectivity index (χ0v) is 13.1. The average Bonchev–Trinajstić information content (AvgIpc) is 2.91. The summed E-state index contributed by atoms with van der Waals surface area (Å²) in [5.74, 6) is -1.61. The number of esters is 1. The number of nitrogens with one attached hydrogen (secondary N) is 1. The van der Waals surface area contributed by atoms with E-state index in [1.807, 2.05) is 0 Å². The normalized spacial score (nSPS) is 16.6. The molecule has 0 radical (unpaired) electrons. The topological polar surface area (TPSA) is 126 Å². The van der Waals surface area contributed by atoms with E-state index >= 15 is 0 Å². The second-order valence-electron chi connectivity index (χ2n) is 5.30. The van der Waals surface area contributed by atoms with Crippen LogP contribution in [0, 0.1) is 0 Å². The number of nitrogens with zero attached hydrogens (tertiary/aromatic N) is 2. The Bertz CT molecular complexity index is 606.